The number of benzene rings is 1. The second-order valence-corrected chi connectivity index (χ2v) is 9.02. The van der Waals surface area contributed by atoms with Crippen molar-refractivity contribution in [3.63, 3.8) is 0 Å². The minimum atomic E-state index is -3.14. The van der Waals surface area contributed by atoms with Crippen LogP contribution < -0.4 is 5.32 Å². The zero-order chi connectivity index (χ0) is 19.9. The van der Waals surface area contributed by atoms with Gasteiger partial charge in [0.15, 0.2) is 9.84 Å². The molecule has 0 unspecified atom stereocenters. The Morgan fingerprint density at radius 3 is 2.63 bits per heavy atom. The Morgan fingerprint density at radius 1 is 1.19 bits per heavy atom. The van der Waals surface area contributed by atoms with E-state index in [0.29, 0.717) is 27.5 Å². The van der Waals surface area contributed by atoms with Gasteiger partial charge in [-0.15, -0.1) is 11.8 Å². The summed E-state index contributed by atoms with van der Waals surface area (Å²) < 4.78 is 33.1. The van der Waals surface area contributed by atoms with Crippen LogP contribution in [0.4, 0.5) is 0 Å². The molecule has 0 aliphatic carbocycles. The molecule has 2 aromatic rings. The van der Waals surface area contributed by atoms with Gasteiger partial charge in [-0.05, 0) is 18.2 Å². The molecule has 0 fully saturated rings. The first-order valence-corrected chi connectivity index (χ1v) is 11.0. The number of thioether (sulfide) groups is 1. The van der Waals surface area contributed by atoms with E-state index in [2.05, 4.69) is 5.32 Å². The van der Waals surface area contributed by atoms with Gasteiger partial charge in [0.25, 0.3) is 5.91 Å². The van der Waals surface area contributed by atoms with Crippen LogP contribution in [0.5, 0.6) is 0 Å². The first kappa shape index (κ1) is 21.0. The van der Waals surface area contributed by atoms with Crippen LogP contribution in [-0.2, 0) is 20.3 Å². The van der Waals surface area contributed by atoms with Gasteiger partial charge in [0.05, 0.1) is 30.4 Å². The summed E-state index contributed by atoms with van der Waals surface area (Å²) in [6.07, 6.45) is 1.41. The predicted molar refractivity (Wildman–Crippen MR) is 103 cm³/mol. The standard InChI is InChI=1S/C18H21NO6S2/c1-3-27(22,23)11-9-19-17(20)14-6-4-5-7-16(14)26-12-15-13(8-10-25-15)18(21)24-2/h4-8,10H,3,9,11-12H2,1-2H3,(H,19,20). The summed E-state index contributed by atoms with van der Waals surface area (Å²) in [7, 11) is -1.84. The summed E-state index contributed by atoms with van der Waals surface area (Å²) in [5.74, 6) is -0.0949. The van der Waals surface area contributed by atoms with Crippen LogP contribution in [0.2, 0.25) is 0 Å². The lowest BCUT2D eigenvalue weighted by molar-refractivity contribution is 0.0598. The highest BCUT2D eigenvalue weighted by atomic mass is 32.2. The van der Waals surface area contributed by atoms with Gasteiger partial charge >= 0.3 is 5.97 Å². The highest BCUT2D eigenvalue weighted by molar-refractivity contribution is 7.98. The molecule has 0 aliphatic rings. The quantitative estimate of drug-likeness (QED) is 0.499. The van der Waals surface area contributed by atoms with E-state index in [1.165, 1.54) is 31.2 Å². The number of sulfone groups is 1. The van der Waals surface area contributed by atoms with Gasteiger partial charge in [0.1, 0.15) is 11.3 Å². The monoisotopic (exact) mass is 411 g/mol. The fraction of sp³-hybridized carbons (Fsp3) is 0.333. The minimum Gasteiger partial charge on any atom is -0.468 e. The second-order valence-electron chi connectivity index (χ2n) is 5.53. The van der Waals surface area contributed by atoms with Crippen molar-refractivity contribution in [1.82, 2.24) is 5.32 Å². The molecule has 0 aliphatic heterocycles. The van der Waals surface area contributed by atoms with Gasteiger partial charge in [-0.1, -0.05) is 19.1 Å². The average Bonchev–Trinajstić information content (AvgIpc) is 3.14. The van der Waals surface area contributed by atoms with Gasteiger partial charge in [-0.2, -0.15) is 0 Å². The number of carbonyl (C=O) groups is 2. The Labute approximate surface area is 162 Å². The van der Waals surface area contributed by atoms with Crippen LogP contribution in [0.15, 0.2) is 45.9 Å². The highest BCUT2D eigenvalue weighted by Gasteiger charge is 2.17. The maximum Gasteiger partial charge on any atom is 0.341 e. The number of furan rings is 1. The molecule has 27 heavy (non-hydrogen) atoms. The lowest BCUT2D eigenvalue weighted by atomic mass is 10.2. The molecule has 0 bridgehead atoms. The summed E-state index contributed by atoms with van der Waals surface area (Å²) in [5.41, 5.74) is 0.777. The Kier molecular flexibility index (Phi) is 7.49. The van der Waals surface area contributed by atoms with Crippen molar-refractivity contribution in [1.29, 1.82) is 0 Å². The first-order valence-electron chi connectivity index (χ1n) is 8.23. The Bertz CT molecular complexity index is 904. The summed E-state index contributed by atoms with van der Waals surface area (Å²) in [5, 5.41) is 2.63. The van der Waals surface area contributed by atoms with Crippen LogP contribution >= 0.6 is 11.8 Å². The number of esters is 1. The Hall–Kier alpha value is -2.26. The van der Waals surface area contributed by atoms with E-state index in [0.717, 1.165) is 0 Å². The van der Waals surface area contributed by atoms with Gasteiger partial charge in [0, 0.05) is 17.2 Å². The molecule has 9 heteroatoms. The van der Waals surface area contributed by atoms with Crippen molar-refractivity contribution < 1.29 is 27.2 Å². The largest absolute Gasteiger partial charge is 0.468 e. The SMILES string of the molecule is CCS(=O)(=O)CCNC(=O)c1ccccc1SCc1occc1C(=O)OC. The van der Waals surface area contributed by atoms with Crippen molar-refractivity contribution in [3.8, 4) is 0 Å². The van der Waals surface area contributed by atoms with Crippen molar-refractivity contribution >= 4 is 33.5 Å². The summed E-state index contributed by atoms with van der Waals surface area (Å²) in [4.78, 5) is 24.8. The molecule has 1 heterocycles. The molecular formula is C18H21NO6S2. The number of rotatable bonds is 9. The fourth-order valence-corrected chi connectivity index (χ4v) is 3.93. The molecule has 0 atom stereocenters. The van der Waals surface area contributed by atoms with Crippen LogP contribution in [0.3, 0.4) is 0 Å². The molecule has 1 aromatic heterocycles. The zero-order valence-corrected chi connectivity index (χ0v) is 16.7. The number of carbonyl (C=O) groups excluding carboxylic acids is 2. The molecule has 0 saturated carbocycles. The summed E-state index contributed by atoms with van der Waals surface area (Å²) in [6, 6.07) is 8.51. The maximum absolute atomic E-state index is 12.4. The van der Waals surface area contributed by atoms with Crippen LogP contribution in [0.1, 0.15) is 33.4 Å². The van der Waals surface area contributed by atoms with Crippen LogP contribution in [-0.4, -0.2) is 45.5 Å². The maximum atomic E-state index is 12.4. The van der Waals surface area contributed by atoms with E-state index >= 15 is 0 Å². The number of methoxy groups -OCH3 is 1. The molecule has 0 saturated heterocycles. The summed E-state index contributed by atoms with van der Waals surface area (Å²) in [6.45, 7) is 1.62. The van der Waals surface area contributed by atoms with E-state index in [1.807, 2.05) is 0 Å². The van der Waals surface area contributed by atoms with Gasteiger partial charge < -0.3 is 14.5 Å². The van der Waals surface area contributed by atoms with E-state index in [1.54, 1.807) is 31.2 Å². The number of nitrogens with one attached hydrogen (secondary N) is 1. The van der Waals surface area contributed by atoms with Crippen molar-refractivity contribution in [2.24, 2.45) is 0 Å². The highest BCUT2D eigenvalue weighted by Crippen LogP contribution is 2.28. The minimum absolute atomic E-state index is 0.0426. The fourth-order valence-electron chi connectivity index (χ4n) is 2.23. The summed E-state index contributed by atoms with van der Waals surface area (Å²) >= 11 is 1.34. The molecule has 1 aromatic carbocycles. The third kappa shape index (κ3) is 5.86. The second kappa shape index (κ2) is 9.61. The number of hydrogen-bond donors (Lipinski definition) is 1. The van der Waals surface area contributed by atoms with E-state index < -0.39 is 15.8 Å². The first-order chi connectivity index (χ1) is 12.9. The van der Waals surface area contributed by atoms with Gasteiger partial charge in [-0.3, -0.25) is 4.79 Å². The van der Waals surface area contributed by atoms with Crippen molar-refractivity contribution in [2.75, 3.05) is 25.2 Å². The number of ether oxygens (including phenoxy) is 1. The molecule has 1 amide bonds. The lowest BCUT2D eigenvalue weighted by Gasteiger charge is -2.10. The Morgan fingerprint density at radius 2 is 1.93 bits per heavy atom. The zero-order valence-electron chi connectivity index (χ0n) is 15.1. The van der Waals surface area contributed by atoms with Crippen LogP contribution in [0.25, 0.3) is 0 Å². The number of hydrogen-bond acceptors (Lipinski definition) is 7. The van der Waals surface area contributed by atoms with Gasteiger partial charge in [-0.25, -0.2) is 13.2 Å². The third-order valence-corrected chi connectivity index (χ3v) is 6.56. The topological polar surface area (TPSA) is 103 Å². The molecule has 7 nitrogen and oxygen atoms in total. The van der Waals surface area contributed by atoms with E-state index in [9.17, 15) is 18.0 Å². The molecular weight excluding hydrogens is 390 g/mol. The van der Waals surface area contributed by atoms with E-state index in [4.69, 9.17) is 9.15 Å². The smallest absolute Gasteiger partial charge is 0.341 e. The van der Waals surface area contributed by atoms with Crippen molar-refractivity contribution in [2.45, 2.75) is 17.6 Å². The number of amides is 1. The molecule has 2 rings (SSSR count). The Balaban J connectivity index is 2.04. The van der Waals surface area contributed by atoms with Crippen molar-refractivity contribution in [3.05, 3.63) is 53.5 Å². The normalized spacial score (nSPS) is 11.2. The predicted octanol–water partition coefficient (Wildman–Crippen LogP) is 2.52. The molecule has 0 spiro atoms. The third-order valence-electron chi connectivity index (χ3n) is 3.78. The average molecular weight is 412 g/mol. The lowest BCUT2D eigenvalue weighted by Crippen LogP contribution is -2.29. The molecule has 146 valence electrons. The molecule has 1 N–H and O–H groups in total. The van der Waals surface area contributed by atoms with E-state index in [-0.39, 0.29) is 24.0 Å². The van der Waals surface area contributed by atoms with Crippen LogP contribution in [0, 0.1) is 0 Å². The van der Waals surface area contributed by atoms with Gasteiger partial charge in [0.2, 0.25) is 0 Å². The molecule has 0 radical (unpaired) electrons.